The van der Waals surface area contributed by atoms with Crippen LogP contribution < -0.4 is 5.32 Å². The van der Waals surface area contributed by atoms with Crippen LogP contribution >= 0.6 is 0 Å². The molecule has 1 fully saturated rings. The Morgan fingerprint density at radius 1 is 0.949 bits per heavy atom. The van der Waals surface area contributed by atoms with Gasteiger partial charge in [-0.05, 0) is 12.0 Å². The lowest BCUT2D eigenvalue weighted by molar-refractivity contribution is -0.139. The van der Waals surface area contributed by atoms with E-state index in [1.807, 2.05) is 6.92 Å². The number of carbonyl (C=O) groups excluding carboxylic acids is 4. The van der Waals surface area contributed by atoms with Gasteiger partial charge in [0.1, 0.15) is 0 Å². The van der Waals surface area contributed by atoms with Crippen LogP contribution in [-0.2, 0) is 34.7 Å². The summed E-state index contributed by atoms with van der Waals surface area (Å²) in [7, 11) is -3.80. The zero-order valence-electron chi connectivity index (χ0n) is 22.2. The zero-order valence-corrected chi connectivity index (χ0v) is 23.0. The Morgan fingerprint density at radius 2 is 1.56 bits per heavy atom. The minimum absolute atomic E-state index is 0.211. The largest absolute Gasteiger partial charge is 0.378 e. The van der Waals surface area contributed by atoms with Gasteiger partial charge in [-0.3, -0.25) is 19.2 Å². The summed E-state index contributed by atoms with van der Waals surface area (Å²) in [5, 5.41) is 2.63. The number of hydrogen-bond donors (Lipinski definition) is 1. The van der Waals surface area contributed by atoms with E-state index in [0.717, 1.165) is 6.42 Å². The molecule has 10 heteroatoms. The van der Waals surface area contributed by atoms with E-state index in [-0.39, 0.29) is 30.1 Å². The first-order chi connectivity index (χ1) is 18.7. The number of morpholine rings is 1. The maximum Gasteiger partial charge on any atom is 0.230 e. The van der Waals surface area contributed by atoms with Gasteiger partial charge in [-0.2, -0.15) is 0 Å². The highest BCUT2D eigenvalue weighted by molar-refractivity contribution is 7.90. The molecule has 2 amide bonds. The fourth-order valence-corrected chi connectivity index (χ4v) is 6.13. The second-order valence-corrected chi connectivity index (χ2v) is 11.8. The molecule has 0 radical (unpaired) electrons. The molecule has 0 saturated carbocycles. The van der Waals surface area contributed by atoms with E-state index in [4.69, 9.17) is 4.74 Å². The number of sulfone groups is 1. The topological polar surface area (TPSA) is 127 Å². The Hall–Kier alpha value is -3.37. The maximum absolute atomic E-state index is 13.5. The van der Waals surface area contributed by atoms with Gasteiger partial charge in [0.05, 0.1) is 36.7 Å². The highest BCUT2D eigenvalue weighted by atomic mass is 32.2. The second-order valence-electron chi connectivity index (χ2n) is 9.70. The van der Waals surface area contributed by atoms with Gasteiger partial charge in [0.15, 0.2) is 9.84 Å². The Morgan fingerprint density at radius 3 is 2.18 bits per heavy atom. The molecule has 1 aliphatic heterocycles. The zero-order chi connectivity index (χ0) is 28.3. The Bertz CT molecular complexity index is 1230. The third-order valence-corrected chi connectivity index (χ3v) is 8.26. The molecule has 0 bridgehead atoms. The first-order valence-electron chi connectivity index (χ1n) is 13.2. The number of rotatable bonds is 14. The number of amides is 2. The van der Waals surface area contributed by atoms with Gasteiger partial charge in [-0.1, -0.05) is 80.4 Å². The third kappa shape index (κ3) is 9.40. The van der Waals surface area contributed by atoms with E-state index in [1.165, 1.54) is 12.1 Å². The molecule has 210 valence electrons. The van der Waals surface area contributed by atoms with Crippen LogP contribution in [0.5, 0.6) is 0 Å². The van der Waals surface area contributed by atoms with Crippen LogP contribution in [0.25, 0.3) is 0 Å². The van der Waals surface area contributed by atoms with Gasteiger partial charge >= 0.3 is 0 Å². The fourth-order valence-electron chi connectivity index (χ4n) is 4.43. The quantitative estimate of drug-likeness (QED) is 0.280. The molecule has 1 saturated heterocycles. The molecule has 0 aliphatic carbocycles. The molecule has 9 nitrogen and oxygen atoms in total. The molecule has 1 N–H and O–H groups in total. The van der Waals surface area contributed by atoms with E-state index >= 15 is 0 Å². The van der Waals surface area contributed by atoms with Crippen molar-refractivity contribution in [1.29, 1.82) is 0 Å². The molecule has 2 aromatic carbocycles. The summed E-state index contributed by atoms with van der Waals surface area (Å²) in [5.41, 5.74) is 0.781. The summed E-state index contributed by atoms with van der Waals surface area (Å²) >= 11 is 0. The Kier molecular flexibility index (Phi) is 11.4. The molecule has 1 heterocycles. The van der Waals surface area contributed by atoms with Crippen LogP contribution in [0.15, 0.2) is 60.7 Å². The molecule has 2 unspecified atom stereocenters. The number of ketones is 2. The predicted octanol–water partition coefficient (Wildman–Crippen LogP) is 2.59. The summed E-state index contributed by atoms with van der Waals surface area (Å²) in [6.45, 7) is 3.36. The smallest absolute Gasteiger partial charge is 0.230 e. The van der Waals surface area contributed by atoms with Crippen LogP contribution in [0.2, 0.25) is 0 Å². The molecular formula is C29H36N2O7S. The first kappa shape index (κ1) is 30.2. The number of benzene rings is 2. The van der Waals surface area contributed by atoms with Crippen molar-refractivity contribution in [3.63, 3.8) is 0 Å². The summed E-state index contributed by atoms with van der Waals surface area (Å²) in [5.74, 6) is -4.66. The van der Waals surface area contributed by atoms with E-state index in [9.17, 15) is 27.6 Å². The van der Waals surface area contributed by atoms with Gasteiger partial charge in [-0.25, -0.2) is 8.42 Å². The maximum atomic E-state index is 13.5. The van der Waals surface area contributed by atoms with Crippen molar-refractivity contribution in [3.05, 3.63) is 71.8 Å². The lowest BCUT2D eigenvalue weighted by atomic mass is 9.97. The van der Waals surface area contributed by atoms with Crippen molar-refractivity contribution >= 4 is 33.2 Å². The van der Waals surface area contributed by atoms with Crippen molar-refractivity contribution in [2.45, 2.75) is 44.4 Å². The molecule has 2 atom stereocenters. The molecule has 2 aromatic rings. The number of nitrogens with zero attached hydrogens (tertiary/aromatic N) is 1. The van der Waals surface area contributed by atoms with Crippen molar-refractivity contribution in [2.75, 3.05) is 32.1 Å². The first-order valence-corrected chi connectivity index (χ1v) is 15.1. The minimum atomic E-state index is -3.80. The van der Waals surface area contributed by atoms with Crippen molar-refractivity contribution in [2.24, 2.45) is 5.92 Å². The van der Waals surface area contributed by atoms with Crippen LogP contribution in [0.1, 0.15) is 48.5 Å². The highest BCUT2D eigenvalue weighted by Gasteiger charge is 2.34. The van der Waals surface area contributed by atoms with Gasteiger partial charge in [0.25, 0.3) is 0 Å². The SMILES string of the molecule is CCCCC(NC(=O)C(CC(=O)N1CCOCC1)CS(=O)(=O)Cc1ccccc1)C(=O)C(=O)c1ccccc1. The number of ether oxygens (including phenoxy) is 1. The van der Waals surface area contributed by atoms with Crippen LogP contribution in [0.4, 0.5) is 0 Å². The van der Waals surface area contributed by atoms with Crippen molar-refractivity contribution < 1.29 is 32.3 Å². The normalized spacial score (nSPS) is 15.3. The molecule has 0 aromatic heterocycles. The standard InChI is InChI=1S/C29H36N2O7S/c1-2-3-14-25(28(34)27(33)23-12-8-5-9-13-23)30-29(35)24(19-26(32)31-15-17-38-18-16-31)21-39(36,37)20-22-10-6-4-7-11-22/h4-13,24-25H,2-3,14-21H2,1H3,(H,30,35). The molecule has 39 heavy (non-hydrogen) atoms. The van der Waals surface area contributed by atoms with Gasteiger partial charge in [-0.15, -0.1) is 0 Å². The van der Waals surface area contributed by atoms with Gasteiger partial charge < -0.3 is 15.0 Å². The van der Waals surface area contributed by atoms with E-state index in [0.29, 0.717) is 38.3 Å². The second kappa shape index (κ2) is 14.7. The summed E-state index contributed by atoms with van der Waals surface area (Å²) in [6.07, 6.45) is 1.19. The third-order valence-electron chi connectivity index (χ3n) is 6.58. The van der Waals surface area contributed by atoms with Crippen molar-refractivity contribution in [3.8, 4) is 0 Å². The van der Waals surface area contributed by atoms with E-state index < -0.39 is 45.0 Å². The van der Waals surface area contributed by atoms with Crippen molar-refractivity contribution in [1.82, 2.24) is 10.2 Å². The molecule has 0 spiro atoms. The van der Waals surface area contributed by atoms with Crippen LogP contribution in [0, 0.1) is 5.92 Å². The van der Waals surface area contributed by atoms with Crippen LogP contribution in [-0.4, -0.2) is 74.8 Å². The predicted molar refractivity (Wildman–Crippen MR) is 147 cm³/mol. The van der Waals surface area contributed by atoms with Crippen LogP contribution in [0.3, 0.4) is 0 Å². The minimum Gasteiger partial charge on any atom is -0.378 e. The average molecular weight is 557 g/mol. The summed E-state index contributed by atoms with van der Waals surface area (Å²) in [6, 6.07) is 15.5. The Labute approximate surface area is 229 Å². The number of Topliss-reactive ketones (excluding diaryl/α,β-unsaturated/α-hetero) is 2. The summed E-state index contributed by atoms with van der Waals surface area (Å²) < 4.78 is 31.5. The number of carbonyl (C=O) groups is 4. The molecule has 3 rings (SSSR count). The lowest BCUT2D eigenvalue weighted by Crippen LogP contribution is -2.49. The summed E-state index contributed by atoms with van der Waals surface area (Å²) in [4.78, 5) is 54.0. The number of nitrogens with one attached hydrogen (secondary N) is 1. The number of hydrogen-bond acceptors (Lipinski definition) is 7. The fraction of sp³-hybridized carbons (Fsp3) is 0.448. The van der Waals surface area contributed by atoms with E-state index in [1.54, 1.807) is 53.4 Å². The Balaban J connectivity index is 1.80. The van der Waals surface area contributed by atoms with Gasteiger partial charge in [0.2, 0.25) is 23.4 Å². The molecular weight excluding hydrogens is 520 g/mol. The van der Waals surface area contributed by atoms with Gasteiger partial charge in [0, 0.05) is 25.1 Å². The molecule has 1 aliphatic rings. The highest BCUT2D eigenvalue weighted by Crippen LogP contribution is 2.17. The number of unbranched alkanes of at least 4 members (excludes halogenated alkanes) is 1. The van der Waals surface area contributed by atoms with E-state index in [2.05, 4.69) is 5.32 Å². The lowest BCUT2D eigenvalue weighted by Gasteiger charge is -2.28. The average Bonchev–Trinajstić information content (AvgIpc) is 2.95. The monoisotopic (exact) mass is 556 g/mol.